The van der Waals surface area contributed by atoms with Crippen LogP contribution in [0, 0.1) is 11.8 Å². The molecule has 2 bridgehead atoms. The number of nitrogens with one attached hydrogen (secondary N) is 5. The van der Waals surface area contributed by atoms with E-state index in [0.29, 0.717) is 17.9 Å². The van der Waals surface area contributed by atoms with Gasteiger partial charge in [-0.25, -0.2) is 0 Å². The predicted octanol–water partition coefficient (Wildman–Crippen LogP) is 0.764. The quantitative estimate of drug-likeness (QED) is 0.333. The van der Waals surface area contributed by atoms with Gasteiger partial charge in [0.15, 0.2) is 0 Å². The largest absolute Gasteiger partial charge is 0.342 e. The van der Waals surface area contributed by atoms with Gasteiger partial charge in [-0.1, -0.05) is 86.0 Å². The second-order valence-corrected chi connectivity index (χ2v) is 12.6. The highest BCUT2D eigenvalue weighted by atomic mass is 33.1. The molecule has 0 spiro atoms. The number of amides is 5. The van der Waals surface area contributed by atoms with Gasteiger partial charge < -0.3 is 26.6 Å². The molecule has 10 nitrogen and oxygen atoms in total. The molecule has 6 atom stereocenters. The smallest absolute Gasteiger partial charge is 0.244 e. The molecule has 2 saturated heterocycles. The molecule has 0 saturated carbocycles. The number of hydrogen-bond acceptors (Lipinski definition) is 7. The first-order valence-corrected chi connectivity index (χ1v) is 15.4. The normalized spacial score (nSPS) is 28.4. The van der Waals surface area contributed by atoms with Gasteiger partial charge in [-0.05, 0) is 17.4 Å². The Hall–Kier alpha value is -2.73. The third-order valence-electron chi connectivity index (χ3n) is 6.77. The maximum absolute atomic E-state index is 13.6. The highest BCUT2D eigenvalue weighted by Gasteiger charge is 2.37. The molecule has 5 amide bonds. The van der Waals surface area contributed by atoms with E-state index in [4.69, 9.17) is 0 Å². The first-order chi connectivity index (χ1) is 18.1. The number of fused-ring (bicyclic) bond motifs is 3. The van der Waals surface area contributed by atoms with Crippen molar-refractivity contribution in [2.45, 2.75) is 70.7 Å². The summed E-state index contributed by atoms with van der Waals surface area (Å²) in [6.07, 6.45) is 0.802. The van der Waals surface area contributed by atoms with Crippen molar-refractivity contribution in [3.05, 3.63) is 35.9 Å². The Bertz CT molecular complexity index is 1020. The van der Waals surface area contributed by atoms with Crippen molar-refractivity contribution in [1.29, 1.82) is 0 Å². The van der Waals surface area contributed by atoms with Crippen LogP contribution in [0.5, 0.6) is 0 Å². The summed E-state index contributed by atoms with van der Waals surface area (Å²) in [7, 11) is 2.79. The molecule has 2 fully saturated rings. The van der Waals surface area contributed by atoms with Gasteiger partial charge in [-0.3, -0.25) is 24.0 Å². The molecule has 1 aromatic rings. The number of hydrogen-bond donors (Lipinski definition) is 5. The van der Waals surface area contributed by atoms with Crippen LogP contribution in [-0.2, 0) is 30.4 Å². The molecule has 0 unspecified atom stereocenters. The van der Waals surface area contributed by atoms with Crippen LogP contribution in [0.25, 0.3) is 0 Å². The number of rotatable bonds is 5. The molecule has 12 heteroatoms. The van der Waals surface area contributed by atoms with E-state index >= 15 is 0 Å². The molecular weight excluding hydrogens is 526 g/mol. The number of carbonyl (C=O) groups is 5. The molecule has 0 aliphatic carbocycles. The lowest BCUT2D eigenvalue weighted by Gasteiger charge is -2.29. The zero-order valence-electron chi connectivity index (χ0n) is 22.1. The van der Waals surface area contributed by atoms with Gasteiger partial charge in [0.2, 0.25) is 29.5 Å². The fourth-order valence-corrected chi connectivity index (χ4v) is 6.52. The van der Waals surface area contributed by atoms with Crippen LogP contribution < -0.4 is 26.6 Å². The summed E-state index contributed by atoms with van der Waals surface area (Å²) in [5, 5.41) is 13.9. The Morgan fingerprint density at radius 1 is 0.711 bits per heavy atom. The van der Waals surface area contributed by atoms with Gasteiger partial charge in [-0.15, -0.1) is 0 Å². The third-order valence-corrected chi connectivity index (χ3v) is 9.20. The van der Waals surface area contributed by atoms with E-state index < -0.39 is 59.7 Å². The van der Waals surface area contributed by atoms with Gasteiger partial charge in [0.1, 0.15) is 30.2 Å². The minimum atomic E-state index is -0.985. The molecule has 3 rings (SSSR count). The van der Waals surface area contributed by atoms with Crippen LogP contribution in [0.2, 0.25) is 0 Å². The maximum atomic E-state index is 13.6. The second-order valence-electron chi connectivity index (χ2n) is 10.0. The lowest BCUT2D eigenvalue weighted by molar-refractivity contribution is -0.135. The van der Waals surface area contributed by atoms with Crippen molar-refractivity contribution in [2.75, 3.05) is 11.5 Å². The predicted molar refractivity (Wildman–Crippen MR) is 149 cm³/mol. The first-order valence-electron chi connectivity index (χ1n) is 12.9. The molecule has 38 heavy (non-hydrogen) atoms. The minimum Gasteiger partial charge on any atom is -0.342 e. The van der Waals surface area contributed by atoms with Gasteiger partial charge in [0, 0.05) is 17.9 Å². The van der Waals surface area contributed by atoms with Crippen LogP contribution in [0.4, 0.5) is 0 Å². The van der Waals surface area contributed by atoms with E-state index in [1.165, 1.54) is 21.6 Å². The van der Waals surface area contributed by atoms with E-state index in [0.717, 1.165) is 5.56 Å². The minimum absolute atomic E-state index is 0.199. The number of benzene rings is 1. The monoisotopic (exact) mass is 563 g/mol. The zero-order valence-corrected chi connectivity index (χ0v) is 23.7. The summed E-state index contributed by atoms with van der Waals surface area (Å²) < 4.78 is 0. The maximum Gasteiger partial charge on any atom is 0.244 e. The van der Waals surface area contributed by atoms with E-state index in [-0.39, 0.29) is 18.3 Å². The summed E-state index contributed by atoms with van der Waals surface area (Å²) in [5.41, 5.74) is 0.829. The average Bonchev–Trinajstić information content (AvgIpc) is 2.88. The number of carbonyl (C=O) groups excluding carboxylic acids is 5. The standard InChI is InChI=1S/C26H37N5O5S2/c1-5-15(4)21-26(36)29-18-12-37-38-13-19(28-23(18)33)24(34)30-20(14(2)3)25(35)27-17(22(32)31-21)11-16-9-7-6-8-10-16/h6-10,14-15,17-21H,5,11-13H2,1-4H3,(H,27,35)(H,28,33)(H,29,36)(H,30,34)(H,31,32)/t15-,17+,18+,19+,20-,21-/m0/s1. The van der Waals surface area contributed by atoms with Gasteiger partial charge in [-0.2, -0.15) is 0 Å². The zero-order chi connectivity index (χ0) is 27.8. The molecule has 2 aliphatic rings. The van der Waals surface area contributed by atoms with Crippen LogP contribution in [0.15, 0.2) is 30.3 Å². The van der Waals surface area contributed by atoms with Crippen molar-refractivity contribution in [1.82, 2.24) is 26.6 Å². The Kier molecular flexibility index (Phi) is 10.9. The Labute approximate surface area is 231 Å². The van der Waals surface area contributed by atoms with Crippen LogP contribution in [-0.4, -0.2) is 71.3 Å². The summed E-state index contributed by atoms with van der Waals surface area (Å²) in [5.74, 6) is -2.40. The second kappa shape index (κ2) is 13.9. The first kappa shape index (κ1) is 29.8. The van der Waals surface area contributed by atoms with Crippen molar-refractivity contribution in [2.24, 2.45) is 11.8 Å². The van der Waals surface area contributed by atoms with E-state index in [2.05, 4.69) is 26.6 Å². The van der Waals surface area contributed by atoms with Crippen LogP contribution >= 0.6 is 21.6 Å². The van der Waals surface area contributed by atoms with Crippen molar-refractivity contribution >= 4 is 51.1 Å². The van der Waals surface area contributed by atoms with Crippen LogP contribution in [0.3, 0.4) is 0 Å². The molecule has 208 valence electrons. The summed E-state index contributed by atoms with van der Waals surface area (Å²) in [6, 6.07) is 4.65. The van der Waals surface area contributed by atoms with E-state index in [1.54, 1.807) is 13.8 Å². The SMILES string of the molecule is CC[C@H](C)[C@@H]1NC(=O)[C@@H](Cc2ccccc2)NC(=O)[C@H](C(C)C)NC(=O)[C@H]2CSSC[C@@H](NC1=O)C(=O)N2. The van der Waals surface area contributed by atoms with Crippen molar-refractivity contribution in [3.63, 3.8) is 0 Å². The summed E-state index contributed by atoms with van der Waals surface area (Å²) in [4.78, 5) is 66.6. The van der Waals surface area contributed by atoms with Gasteiger partial charge in [0.05, 0.1) is 0 Å². The molecule has 0 radical (unpaired) electrons. The topological polar surface area (TPSA) is 146 Å². The lowest BCUT2D eigenvalue weighted by Crippen LogP contribution is -2.60. The molecule has 2 heterocycles. The molecule has 0 aromatic heterocycles. The third kappa shape index (κ3) is 7.89. The van der Waals surface area contributed by atoms with Crippen LogP contribution in [0.1, 0.15) is 39.7 Å². The van der Waals surface area contributed by atoms with Crippen molar-refractivity contribution < 1.29 is 24.0 Å². The van der Waals surface area contributed by atoms with E-state index in [9.17, 15) is 24.0 Å². The Morgan fingerprint density at radius 3 is 1.82 bits per heavy atom. The van der Waals surface area contributed by atoms with Gasteiger partial charge in [0.25, 0.3) is 0 Å². The Morgan fingerprint density at radius 2 is 1.24 bits per heavy atom. The molecular formula is C26H37N5O5S2. The van der Waals surface area contributed by atoms with Crippen molar-refractivity contribution in [3.8, 4) is 0 Å². The molecule has 1 aromatic carbocycles. The lowest BCUT2D eigenvalue weighted by atomic mass is 9.96. The summed E-state index contributed by atoms with van der Waals surface area (Å²) in [6.45, 7) is 7.35. The fraction of sp³-hybridized carbons (Fsp3) is 0.577. The molecule has 5 N–H and O–H groups in total. The Balaban J connectivity index is 2.01. The highest BCUT2D eigenvalue weighted by Crippen LogP contribution is 2.25. The summed E-state index contributed by atoms with van der Waals surface area (Å²) >= 11 is 0. The fourth-order valence-electron chi connectivity index (χ4n) is 4.20. The van der Waals surface area contributed by atoms with E-state index in [1.807, 2.05) is 44.2 Å². The average molecular weight is 564 g/mol. The molecule has 2 aliphatic heterocycles. The van der Waals surface area contributed by atoms with Gasteiger partial charge >= 0.3 is 0 Å². The highest BCUT2D eigenvalue weighted by molar-refractivity contribution is 8.76.